The van der Waals surface area contributed by atoms with Crippen molar-refractivity contribution in [1.82, 2.24) is 20.4 Å². The Balaban J connectivity index is 0.000000970. The largest absolute Gasteiger partial charge is 0.483 e. The molecular weight excluding hydrogens is 373 g/mol. The Morgan fingerprint density at radius 1 is 1.48 bits per heavy atom. The number of rotatable bonds is 3. The average molecular weight is 387 g/mol. The van der Waals surface area contributed by atoms with Crippen LogP contribution in [0.25, 0.3) is 0 Å². The number of carbonyl (C=O) groups excluding carboxylic acids is 1. The minimum Gasteiger partial charge on any atom is -0.483 e. The average Bonchev–Trinajstić information content (AvgIpc) is 3.04. The molecular formula is C12H14ClF3N4O5. The van der Waals surface area contributed by atoms with E-state index in [0.29, 0.717) is 0 Å². The number of hydrogen-bond donors (Lipinski definition) is 4. The van der Waals surface area contributed by atoms with Crippen LogP contribution in [0.1, 0.15) is 22.6 Å². The number of nitrogens with zero attached hydrogens (tertiary/aromatic N) is 2. The van der Waals surface area contributed by atoms with Crippen molar-refractivity contribution in [1.29, 1.82) is 0 Å². The molecule has 0 bridgehead atoms. The van der Waals surface area contributed by atoms with Gasteiger partial charge in [-0.1, -0.05) is 11.6 Å². The fourth-order valence-electron chi connectivity index (χ4n) is 2.21. The van der Waals surface area contributed by atoms with Gasteiger partial charge in [-0.25, -0.2) is 0 Å². The molecule has 2 heterocycles. The summed E-state index contributed by atoms with van der Waals surface area (Å²) in [6.45, 7) is -0.0513. The van der Waals surface area contributed by atoms with Crippen LogP contribution in [0.5, 0.6) is 0 Å². The Bertz CT molecular complexity index is 664. The van der Waals surface area contributed by atoms with Gasteiger partial charge in [0.2, 0.25) is 0 Å². The van der Waals surface area contributed by atoms with Crippen LogP contribution in [0.15, 0.2) is 0 Å². The SMILES string of the molecule is Cn1nc(C(F)(F)F)c(Cl)c1C(=O)N[C@H]1CN[C@H](C(=O)O)C1.O=CO. The molecule has 1 fully saturated rings. The maximum absolute atomic E-state index is 12.7. The predicted octanol–water partition coefficient (Wildman–Crippen LogP) is 0.338. The summed E-state index contributed by atoms with van der Waals surface area (Å²) in [5.41, 5.74) is -1.76. The highest BCUT2D eigenvalue weighted by Gasteiger charge is 2.40. The molecule has 1 saturated heterocycles. The van der Waals surface area contributed by atoms with E-state index in [4.69, 9.17) is 26.6 Å². The highest BCUT2D eigenvalue weighted by Crippen LogP contribution is 2.35. The minimum absolute atomic E-state index is 0.128. The van der Waals surface area contributed by atoms with Crippen LogP contribution in [0.2, 0.25) is 5.02 Å². The van der Waals surface area contributed by atoms with E-state index in [1.807, 2.05) is 0 Å². The van der Waals surface area contributed by atoms with Crippen molar-refractivity contribution < 1.29 is 37.8 Å². The van der Waals surface area contributed by atoms with Crippen LogP contribution < -0.4 is 10.6 Å². The first-order valence-corrected chi connectivity index (χ1v) is 7.05. The molecule has 4 N–H and O–H groups in total. The van der Waals surface area contributed by atoms with Crippen molar-refractivity contribution in [2.24, 2.45) is 7.05 Å². The van der Waals surface area contributed by atoms with Crippen LogP contribution in [0, 0.1) is 0 Å². The number of amides is 1. The number of nitrogens with one attached hydrogen (secondary N) is 2. The van der Waals surface area contributed by atoms with Gasteiger partial charge in [0.05, 0.1) is 0 Å². The molecule has 1 aromatic rings. The maximum atomic E-state index is 12.7. The summed E-state index contributed by atoms with van der Waals surface area (Å²) in [6, 6.07) is -1.33. The lowest BCUT2D eigenvalue weighted by atomic mass is 10.1. The molecule has 1 aliphatic rings. The Kier molecular flexibility index (Phi) is 6.76. The van der Waals surface area contributed by atoms with Crippen molar-refractivity contribution in [2.75, 3.05) is 6.54 Å². The molecule has 0 spiro atoms. The summed E-state index contributed by atoms with van der Waals surface area (Å²) >= 11 is 5.60. The van der Waals surface area contributed by atoms with E-state index < -0.39 is 46.5 Å². The molecule has 1 aromatic heterocycles. The van der Waals surface area contributed by atoms with Crippen LogP contribution in [-0.4, -0.2) is 57.0 Å². The third kappa shape index (κ3) is 5.06. The quantitative estimate of drug-likeness (QED) is 0.550. The zero-order valence-corrected chi connectivity index (χ0v) is 13.4. The van der Waals surface area contributed by atoms with Gasteiger partial charge in [0.1, 0.15) is 16.8 Å². The van der Waals surface area contributed by atoms with Gasteiger partial charge in [-0.3, -0.25) is 19.1 Å². The van der Waals surface area contributed by atoms with Gasteiger partial charge >= 0.3 is 12.1 Å². The predicted molar refractivity (Wildman–Crippen MR) is 77.2 cm³/mol. The third-order valence-electron chi connectivity index (χ3n) is 3.24. The first-order chi connectivity index (χ1) is 11.5. The lowest BCUT2D eigenvalue weighted by Crippen LogP contribution is -2.37. The van der Waals surface area contributed by atoms with Crippen molar-refractivity contribution in [3.63, 3.8) is 0 Å². The standard InChI is InChI=1S/C11H12ClF3N4O3.CH2O2/c1-19-7(6(12)8(18-19)11(13,14)15)9(20)17-4-2-5(10(21)22)16-3-4;2-1-3/h4-5,16H,2-3H2,1H3,(H,17,20)(H,21,22);1H,(H,2,3)/t4-,5+;/m1./s1. The molecule has 9 nitrogen and oxygen atoms in total. The smallest absolute Gasteiger partial charge is 0.436 e. The third-order valence-corrected chi connectivity index (χ3v) is 3.60. The molecule has 0 radical (unpaired) electrons. The molecule has 1 amide bonds. The second kappa shape index (κ2) is 8.16. The summed E-state index contributed by atoms with van der Waals surface area (Å²) in [6.07, 6.45) is -4.64. The summed E-state index contributed by atoms with van der Waals surface area (Å²) in [5, 5.41) is 23.3. The number of aromatic nitrogens is 2. The summed E-state index contributed by atoms with van der Waals surface area (Å²) in [5.74, 6) is -1.90. The number of carboxylic acid groups (broad SMARTS) is 2. The van der Waals surface area contributed by atoms with E-state index >= 15 is 0 Å². The van der Waals surface area contributed by atoms with E-state index in [1.54, 1.807) is 0 Å². The molecule has 0 aliphatic carbocycles. The van der Waals surface area contributed by atoms with Gasteiger partial charge in [-0.15, -0.1) is 0 Å². The molecule has 2 atom stereocenters. The highest BCUT2D eigenvalue weighted by atomic mass is 35.5. The molecule has 0 unspecified atom stereocenters. The molecule has 2 rings (SSSR count). The number of alkyl halides is 3. The Morgan fingerprint density at radius 3 is 2.44 bits per heavy atom. The molecule has 0 saturated carbocycles. The lowest BCUT2D eigenvalue weighted by Gasteiger charge is -2.11. The van der Waals surface area contributed by atoms with Crippen molar-refractivity contribution in [2.45, 2.75) is 24.7 Å². The zero-order chi connectivity index (χ0) is 19.4. The van der Waals surface area contributed by atoms with Crippen LogP contribution in [0.4, 0.5) is 13.2 Å². The molecule has 25 heavy (non-hydrogen) atoms. The summed E-state index contributed by atoms with van der Waals surface area (Å²) in [4.78, 5) is 31.2. The maximum Gasteiger partial charge on any atom is 0.436 e. The number of aliphatic carboxylic acids is 1. The fourth-order valence-corrected chi connectivity index (χ4v) is 2.57. The first-order valence-electron chi connectivity index (χ1n) is 6.67. The number of carbonyl (C=O) groups is 3. The van der Waals surface area contributed by atoms with E-state index in [1.165, 1.54) is 7.05 Å². The highest BCUT2D eigenvalue weighted by molar-refractivity contribution is 6.34. The van der Waals surface area contributed by atoms with Crippen LogP contribution >= 0.6 is 11.6 Å². The fraction of sp³-hybridized carbons (Fsp3) is 0.500. The van der Waals surface area contributed by atoms with Crippen molar-refractivity contribution in [3.8, 4) is 0 Å². The number of hydrogen-bond acceptors (Lipinski definition) is 5. The summed E-state index contributed by atoms with van der Waals surface area (Å²) < 4.78 is 38.8. The Morgan fingerprint density at radius 2 is 2.04 bits per heavy atom. The van der Waals surface area contributed by atoms with Crippen LogP contribution in [0.3, 0.4) is 0 Å². The number of carboxylic acids is 1. The zero-order valence-electron chi connectivity index (χ0n) is 12.7. The van der Waals surface area contributed by atoms with E-state index in [2.05, 4.69) is 15.7 Å². The van der Waals surface area contributed by atoms with Crippen molar-refractivity contribution >= 4 is 29.9 Å². The van der Waals surface area contributed by atoms with Gasteiger partial charge in [-0.2, -0.15) is 18.3 Å². The van der Waals surface area contributed by atoms with E-state index in [9.17, 15) is 22.8 Å². The Labute approximate surface area is 143 Å². The second-order valence-electron chi connectivity index (χ2n) is 4.94. The molecule has 0 aromatic carbocycles. The van der Waals surface area contributed by atoms with E-state index in [0.717, 1.165) is 4.68 Å². The molecule has 1 aliphatic heterocycles. The van der Waals surface area contributed by atoms with Crippen molar-refractivity contribution in [3.05, 3.63) is 16.4 Å². The monoisotopic (exact) mass is 386 g/mol. The topological polar surface area (TPSA) is 134 Å². The first kappa shape index (κ1) is 20.7. The molecule has 13 heteroatoms. The normalized spacial score (nSPS) is 19.7. The van der Waals surface area contributed by atoms with E-state index in [-0.39, 0.29) is 19.4 Å². The van der Waals surface area contributed by atoms with Gasteiger partial charge < -0.3 is 20.8 Å². The number of halogens is 4. The van der Waals surface area contributed by atoms with Gasteiger partial charge in [0.25, 0.3) is 12.4 Å². The second-order valence-corrected chi connectivity index (χ2v) is 5.32. The Hall–Kier alpha value is -2.34. The minimum atomic E-state index is -4.77. The van der Waals surface area contributed by atoms with Gasteiger partial charge in [-0.05, 0) is 6.42 Å². The van der Waals surface area contributed by atoms with Gasteiger partial charge in [0.15, 0.2) is 5.69 Å². The summed E-state index contributed by atoms with van der Waals surface area (Å²) in [7, 11) is 1.17. The lowest BCUT2D eigenvalue weighted by molar-refractivity contribution is -0.141. The van der Waals surface area contributed by atoms with Gasteiger partial charge in [0, 0.05) is 19.6 Å². The molecule has 140 valence electrons. The number of aryl methyl sites for hydroxylation is 1. The van der Waals surface area contributed by atoms with Crippen LogP contribution in [-0.2, 0) is 22.8 Å².